The molecule has 0 spiro atoms. The predicted octanol–water partition coefficient (Wildman–Crippen LogP) is -0.524. The quantitative estimate of drug-likeness (QED) is 0.422. The first-order chi connectivity index (χ1) is 7.13. The van der Waals surface area contributed by atoms with Crippen molar-refractivity contribution in [2.75, 3.05) is 6.54 Å². The first-order valence-corrected chi connectivity index (χ1v) is 5.54. The molecule has 0 aromatic heterocycles. The van der Waals surface area contributed by atoms with Crippen molar-refractivity contribution in [3.05, 3.63) is 0 Å². The number of unbranched alkanes of at least 4 members (excludes halogenated alkanes) is 1. The van der Waals surface area contributed by atoms with E-state index in [1.165, 1.54) is 0 Å². The van der Waals surface area contributed by atoms with Gasteiger partial charge in [0.25, 0.3) is 0 Å². The molecular formula is C10H21N3O2. The summed E-state index contributed by atoms with van der Waals surface area (Å²) < 4.78 is 5.26. The summed E-state index contributed by atoms with van der Waals surface area (Å²) in [5, 5.41) is 0. The smallest absolute Gasteiger partial charge is 0.306 e. The van der Waals surface area contributed by atoms with Crippen LogP contribution in [0, 0.1) is 0 Å². The van der Waals surface area contributed by atoms with Gasteiger partial charge in [-0.05, 0) is 25.8 Å². The Morgan fingerprint density at radius 2 is 2.00 bits per heavy atom. The number of rotatable bonds is 5. The average Bonchev–Trinajstić information content (AvgIpc) is 2.45. The third-order valence-electron chi connectivity index (χ3n) is 2.71. The van der Waals surface area contributed by atoms with Gasteiger partial charge in [0.2, 0.25) is 0 Å². The van der Waals surface area contributed by atoms with Gasteiger partial charge in [-0.2, -0.15) is 0 Å². The van der Waals surface area contributed by atoms with Gasteiger partial charge < -0.3 is 21.9 Å². The fourth-order valence-corrected chi connectivity index (χ4v) is 1.85. The van der Waals surface area contributed by atoms with E-state index in [4.69, 9.17) is 21.9 Å². The number of ether oxygens (including phenoxy) is 1. The Kier molecular flexibility index (Phi) is 5.01. The van der Waals surface area contributed by atoms with Crippen molar-refractivity contribution in [2.24, 2.45) is 17.2 Å². The minimum Gasteiger partial charge on any atom is -0.461 e. The average molecular weight is 215 g/mol. The topological polar surface area (TPSA) is 104 Å². The summed E-state index contributed by atoms with van der Waals surface area (Å²) in [5.74, 6) is -0.182. The zero-order valence-electron chi connectivity index (χ0n) is 9.02. The highest BCUT2D eigenvalue weighted by Gasteiger charge is 2.32. The summed E-state index contributed by atoms with van der Waals surface area (Å²) in [6, 6.07) is -0.0275. The third-order valence-corrected chi connectivity index (χ3v) is 2.71. The van der Waals surface area contributed by atoms with E-state index in [1.807, 2.05) is 0 Å². The monoisotopic (exact) mass is 215 g/mol. The third kappa shape index (κ3) is 4.15. The maximum absolute atomic E-state index is 11.4. The molecule has 15 heavy (non-hydrogen) atoms. The van der Waals surface area contributed by atoms with Crippen molar-refractivity contribution < 1.29 is 9.53 Å². The second-order valence-electron chi connectivity index (χ2n) is 4.17. The molecule has 1 rings (SSSR count). The maximum Gasteiger partial charge on any atom is 0.306 e. The number of carbonyl (C=O) groups excluding carboxylic acids is 1. The van der Waals surface area contributed by atoms with Crippen molar-refractivity contribution in [3.63, 3.8) is 0 Å². The molecule has 1 aliphatic carbocycles. The van der Waals surface area contributed by atoms with E-state index in [9.17, 15) is 4.79 Å². The van der Waals surface area contributed by atoms with Gasteiger partial charge in [0.15, 0.2) is 0 Å². The van der Waals surface area contributed by atoms with Crippen LogP contribution in [0.3, 0.4) is 0 Å². The molecule has 5 nitrogen and oxygen atoms in total. The Labute approximate surface area is 90.3 Å². The molecular weight excluding hydrogens is 194 g/mol. The molecule has 0 aromatic carbocycles. The Morgan fingerprint density at radius 1 is 1.27 bits per heavy atom. The Hall–Kier alpha value is -0.650. The molecule has 1 fully saturated rings. The summed E-state index contributed by atoms with van der Waals surface area (Å²) in [6.45, 7) is 0.612. The molecule has 0 aliphatic heterocycles. The molecule has 0 amide bonds. The second kappa shape index (κ2) is 6.05. The van der Waals surface area contributed by atoms with Gasteiger partial charge in [0.1, 0.15) is 6.10 Å². The lowest BCUT2D eigenvalue weighted by Gasteiger charge is -2.15. The van der Waals surface area contributed by atoms with E-state index in [2.05, 4.69) is 0 Å². The van der Waals surface area contributed by atoms with Crippen molar-refractivity contribution in [1.29, 1.82) is 0 Å². The highest BCUT2D eigenvalue weighted by atomic mass is 16.5. The molecule has 0 radical (unpaired) electrons. The van der Waals surface area contributed by atoms with E-state index in [-0.39, 0.29) is 24.2 Å². The van der Waals surface area contributed by atoms with E-state index in [0.29, 0.717) is 19.4 Å². The minimum atomic E-state index is -0.189. The van der Waals surface area contributed by atoms with E-state index >= 15 is 0 Å². The predicted molar refractivity (Wildman–Crippen MR) is 58.0 cm³/mol. The van der Waals surface area contributed by atoms with Gasteiger partial charge in [-0.3, -0.25) is 4.79 Å². The first kappa shape index (κ1) is 12.4. The molecule has 5 heteroatoms. The molecule has 0 heterocycles. The Morgan fingerprint density at radius 3 is 2.53 bits per heavy atom. The highest BCUT2D eigenvalue weighted by Crippen LogP contribution is 2.20. The SMILES string of the molecule is NCCCCC(=O)O[C@H]1C[C@H](N)C[C@@H]1N. The van der Waals surface area contributed by atoms with Crippen molar-refractivity contribution in [2.45, 2.75) is 50.3 Å². The van der Waals surface area contributed by atoms with Gasteiger partial charge in [0.05, 0.1) is 0 Å². The molecule has 88 valence electrons. The summed E-state index contributed by atoms with van der Waals surface area (Å²) in [7, 11) is 0. The number of nitrogens with two attached hydrogens (primary N) is 3. The van der Waals surface area contributed by atoms with E-state index in [0.717, 1.165) is 19.3 Å². The minimum absolute atomic E-state index is 0.0711. The standard InChI is InChI=1S/C10H21N3O2/c11-4-2-1-3-10(14)15-9-6-7(12)5-8(9)13/h7-9H,1-6,11-13H2/t7-,8+,9+/m1/s1. The van der Waals surface area contributed by atoms with Crippen LogP contribution in [0.25, 0.3) is 0 Å². The van der Waals surface area contributed by atoms with Crippen LogP contribution in [0.1, 0.15) is 32.1 Å². The van der Waals surface area contributed by atoms with Crippen LogP contribution in [-0.4, -0.2) is 30.7 Å². The molecule has 0 unspecified atom stereocenters. The zero-order valence-corrected chi connectivity index (χ0v) is 9.02. The number of esters is 1. The molecule has 1 aliphatic rings. The van der Waals surface area contributed by atoms with Crippen LogP contribution >= 0.6 is 0 Å². The van der Waals surface area contributed by atoms with Gasteiger partial charge in [-0.15, -0.1) is 0 Å². The fourth-order valence-electron chi connectivity index (χ4n) is 1.85. The maximum atomic E-state index is 11.4. The zero-order chi connectivity index (χ0) is 11.3. The Balaban J connectivity index is 2.20. The van der Waals surface area contributed by atoms with Crippen LogP contribution in [-0.2, 0) is 9.53 Å². The van der Waals surface area contributed by atoms with Gasteiger partial charge in [-0.25, -0.2) is 0 Å². The van der Waals surface area contributed by atoms with E-state index in [1.54, 1.807) is 0 Å². The Bertz CT molecular complexity index is 211. The molecule has 3 atom stereocenters. The number of hydrogen-bond donors (Lipinski definition) is 3. The largest absolute Gasteiger partial charge is 0.461 e. The lowest BCUT2D eigenvalue weighted by Crippen LogP contribution is -2.33. The molecule has 0 saturated heterocycles. The summed E-state index contributed by atoms with van der Waals surface area (Å²) in [4.78, 5) is 11.4. The van der Waals surface area contributed by atoms with Crippen molar-refractivity contribution in [3.8, 4) is 0 Å². The second-order valence-corrected chi connectivity index (χ2v) is 4.17. The van der Waals surface area contributed by atoms with Gasteiger partial charge in [0, 0.05) is 24.9 Å². The lowest BCUT2D eigenvalue weighted by atomic mass is 10.2. The molecule has 0 bridgehead atoms. The summed E-state index contributed by atoms with van der Waals surface area (Å²) in [6.07, 6.45) is 3.29. The molecule has 6 N–H and O–H groups in total. The molecule has 0 aromatic rings. The van der Waals surface area contributed by atoms with E-state index < -0.39 is 0 Å². The van der Waals surface area contributed by atoms with Crippen molar-refractivity contribution in [1.82, 2.24) is 0 Å². The van der Waals surface area contributed by atoms with Crippen LogP contribution in [0.2, 0.25) is 0 Å². The number of hydrogen-bond acceptors (Lipinski definition) is 5. The first-order valence-electron chi connectivity index (χ1n) is 5.54. The van der Waals surface area contributed by atoms with Crippen LogP contribution in [0.15, 0.2) is 0 Å². The molecule has 1 saturated carbocycles. The van der Waals surface area contributed by atoms with Crippen LogP contribution < -0.4 is 17.2 Å². The fraction of sp³-hybridized carbons (Fsp3) is 0.900. The normalized spacial score (nSPS) is 30.5. The van der Waals surface area contributed by atoms with Gasteiger partial charge in [-0.1, -0.05) is 0 Å². The number of carbonyl (C=O) groups is 1. The summed E-state index contributed by atoms with van der Waals surface area (Å²) in [5.41, 5.74) is 16.9. The van der Waals surface area contributed by atoms with Gasteiger partial charge >= 0.3 is 5.97 Å². The highest BCUT2D eigenvalue weighted by molar-refractivity contribution is 5.69. The summed E-state index contributed by atoms with van der Waals surface area (Å²) >= 11 is 0. The van der Waals surface area contributed by atoms with Crippen LogP contribution in [0.5, 0.6) is 0 Å². The van der Waals surface area contributed by atoms with Crippen LogP contribution in [0.4, 0.5) is 0 Å². The lowest BCUT2D eigenvalue weighted by molar-refractivity contribution is -0.149. The van der Waals surface area contributed by atoms with Crippen molar-refractivity contribution >= 4 is 5.97 Å².